The SMILES string of the molecule is O=C(NCCCOC(=O)c1nccc2c1[nH]c1ccccc12)c1ccc2c(-c3ccncc3)c(-c3ccc(F)cc3)nn2c1. The van der Waals surface area contributed by atoms with Crippen molar-refractivity contribution in [1.82, 2.24) is 29.9 Å². The fourth-order valence-corrected chi connectivity index (χ4v) is 5.33. The van der Waals surface area contributed by atoms with Crippen molar-refractivity contribution in [2.24, 2.45) is 0 Å². The lowest BCUT2D eigenvalue weighted by molar-refractivity contribution is 0.0496. The van der Waals surface area contributed by atoms with Gasteiger partial charge in [-0.3, -0.25) is 9.78 Å². The first kappa shape index (κ1) is 27.0. The molecule has 0 spiro atoms. The van der Waals surface area contributed by atoms with Gasteiger partial charge in [0.2, 0.25) is 0 Å². The first-order valence-corrected chi connectivity index (χ1v) is 14.1. The van der Waals surface area contributed by atoms with Crippen molar-refractivity contribution >= 4 is 39.2 Å². The van der Waals surface area contributed by atoms with Crippen LogP contribution in [0.3, 0.4) is 0 Å². The predicted octanol–water partition coefficient (Wildman–Crippen LogP) is 6.21. The number of para-hydroxylation sites is 1. The monoisotopic (exact) mass is 584 g/mol. The van der Waals surface area contributed by atoms with Crippen LogP contribution in [-0.4, -0.2) is 49.6 Å². The van der Waals surface area contributed by atoms with E-state index in [4.69, 9.17) is 9.84 Å². The molecule has 0 aliphatic carbocycles. The average Bonchev–Trinajstić information content (AvgIpc) is 3.63. The lowest BCUT2D eigenvalue weighted by Crippen LogP contribution is -2.26. The summed E-state index contributed by atoms with van der Waals surface area (Å²) in [6.45, 7) is 0.419. The summed E-state index contributed by atoms with van der Waals surface area (Å²) in [6.07, 6.45) is 7.08. The Balaban J connectivity index is 1.02. The van der Waals surface area contributed by atoms with Gasteiger partial charge in [-0.1, -0.05) is 18.2 Å². The maximum atomic E-state index is 13.6. The molecule has 0 saturated carbocycles. The van der Waals surface area contributed by atoms with E-state index < -0.39 is 5.97 Å². The molecule has 0 bridgehead atoms. The van der Waals surface area contributed by atoms with Crippen molar-refractivity contribution < 1.29 is 18.7 Å². The van der Waals surface area contributed by atoms with Crippen LogP contribution in [0.15, 0.2) is 104 Å². The Morgan fingerprint density at radius 1 is 0.886 bits per heavy atom. The molecule has 2 N–H and O–H groups in total. The van der Waals surface area contributed by atoms with Crippen LogP contribution in [0, 0.1) is 5.82 Å². The van der Waals surface area contributed by atoms with Crippen LogP contribution in [0.1, 0.15) is 27.3 Å². The highest BCUT2D eigenvalue weighted by molar-refractivity contribution is 6.12. The van der Waals surface area contributed by atoms with Gasteiger partial charge < -0.3 is 15.0 Å². The van der Waals surface area contributed by atoms with Gasteiger partial charge in [0.05, 0.1) is 23.2 Å². The summed E-state index contributed by atoms with van der Waals surface area (Å²) in [5.41, 5.74) is 6.14. The summed E-state index contributed by atoms with van der Waals surface area (Å²) < 4.78 is 20.8. The van der Waals surface area contributed by atoms with E-state index in [1.807, 2.05) is 48.5 Å². The number of pyridine rings is 3. The van der Waals surface area contributed by atoms with Crippen LogP contribution in [0.25, 0.3) is 49.7 Å². The van der Waals surface area contributed by atoms with Crippen molar-refractivity contribution in [2.75, 3.05) is 13.2 Å². The van der Waals surface area contributed by atoms with Crippen LogP contribution in [-0.2, 0) is 4.74 Å². The number of fused-ring (bicyclic) bond motifs is 4. The molecule has 1 amide bonds. The number of nitrogens with zero attached hydrogens (tertiary/aromatic N) is 4. The Kier molecular flexibility index (Phi) is 6.99. The fourth-order valence-electron chi connectivity index (χ4n) is 5.33. The average molecular weight is 585 g/mol. The Hall–Kier alpha value is -5.90. The van der Waals surface area contributed by atoms with Gasteiger partial charge in [0.25, 0.3) is 5.91 Å². The van der Waals surface area contributed by atoms with Crippen LogP contribution >= 0.6 is 0 Å². The van der Waals surface area contributed by atoms with Crippen molar-refractivity contribution in [3.63, 3.8) is 0 Å². The molecule has 0 aliphatic heterocycles. The normalized spacial score (nSPS) is 11.3. The highest BCUT2D eigenvalue weighted by atomic mass is 19.1. The molecule has 5 heterocycles. The van der Waals surface area contributed by atoms with Crippen molar-refractivity contribution in [3.05, 3.63) is 121 Å². The molecule has 7 rings (SSSR count). The number of carbonyl (C=O) groups is 2. The lowest BCUT2D eigenvalue weighted by Gasteiger charge is -2.07. The van der Waals surface area contributed by atoms with Crippen LogP contribution in [0.4, 0.5) is 4.39 Å². The van der Waals surface area contributed by atoms with E-state index in [1.165, 1.54) is 12.1 Å². The molecule has 0 aliphatic rings. The summed E-state index contributed by atoms with van der Waals surface area (Å²) >= 11 is 0. The molecular formula is C34H25FN6O3. The molecule has 0 fully saturated rings. The molecule has 44 heavy (non-hydrogen) atoms. The molecule has 10 heteroatoms. The number of amides is 1. The molecule has 0 saturated heterocycles. The van der Waals surface area contributed by atoms with E-state index >= 15 is 0 Å². The summed E-state index contributed by atoms with van der Waals surface area (Å²) in [7, 11) is 0. The molecule has 7 aromatic rings. The molecule has 0 unspecified atom stereocenters. The Morgan fingerprint density at radius 2 is 1.70 bits per heavy atom. The first-order valence-electron chi connectivity index (χ1n) is 14.1. The van der Waals surface area contributed by atoms with Gasteiger partial charge in [-0.15, -0.1) is 0 Å². The van der Waals surface area contributed by atoms with E-state index in [0.717, 1.165) is 38.5 Å². The third-order valence-corrected chi connectivity index (χ3v) is 7.44. The second-order valence-corrected chi connectivity index (χ2v) is 10.2. The van der Waals surface area contributed by atoms with E-state index in [0.29, 0.717) is 29.7 Å². The Labute approximate surface area is 250 Å². The zero-order valence-corrected chi connectivity index (χ0v) is 23.3. The number of benzene rings is 2. The minimum absolute atomic E-state index is 0.117. The van der Waals surface area contributed by atoms with Gasteiger partial charge in [-0.05, 0) is 72.6 Å². The Morgan fingerprint density at radius 3 is 2.55 bits per heavy atom. The summed E-state index contributed by atoms with van der Waals surface area (Å²) in [4.78, 5) is 37.4. The van der Waals surface area contributed by atoms with Gasteiger partial charge in [0, 0.05) is 58.7 Å². The van der Waals surface area contributed by atoms with Gasteiger partial charge in [-0.25, -0.2) is 18.7 Å². The number of ether oxygens (including phenoxy) is 1. The standard InChI is InChI=1S/C34H25FN6O3/c35-24-9-6-22(7-10-24)30-29(21-12-16-36-17-13-21)28-11-8-23(20-41(28)40-30)33(42)38-15-3-19-44-34(43)32-31-26(14-18-37-32)25-4-1-2-5-27(25)39-31/h1-2,4-14,16-18,20,39H,3,15,19H2,(H,38,42). The summed E-state index contributed by atoms with van der Waals surface area (Å²) in [6, 6.07) is 23.2. The highest BCUT2D eigenvalue weighted by Crippen LogP contribution is 2.35. The predicted molar refractivity (Wildman–Crippen MR) is 165 cm³/mol. The second-order valence-electron chi connectivity index (χ2n) is 10.2. The number of esters is 1. The summed E-state index contributed by atoms with van der Waals surface area (Å²) in [5.74, 6) is -1.15. The number of aromatic nitrogens is 5. The number of aromatic amines is 1. The number of halogens is 1. The number of hydrogen-bond donors (Lipinski definition) is 2. The number of nitrogens with one attached hydrogen (secondary N) is 2. The largest absolute Gasteiger partial charge is 0.461 e. The first-order chi connectivity index (χ1) is 21.6. The zero-order chi connectivity index (χ0) is 30.0. The zero-order valence-electron chi connectivity index (χ0n) is 23.3. The third-order valence-electron chi connectivity index (χ3n) is 7.44. The van der Waals surface area contributed by atoms with Gasteiger partial charge in [0.15, 0.2) is 5.69 Å². The van der Waals surface area contributed by atoms with E-state index in [2.05, 4.69) is 20.3 Å². The van der Waals surface area contributed by atoms with Gasteiger partial charge >= 0.3 is 5.97 Å². The van der Waals surface area contributed by atoms with Crippen LogP contribution in [0.2, 0.25) is 0 Å². The summed E-state index contributed by atoms with van der Waals surface area (Å²) in [5, 5.41) is 9.54. The van der Waals surface area contributed by atoms with E-state index in [9.17, 15) is 14.0 Å². The van der Waals surface area contributed by atoms with Crippen LogP contribution < -0.4 is 5.32 Å². The molecule has 0 atom stereocenters. The molecule has 2 aromatic carbocycles. The lowest BCUT2D eigenvalue weighted by atomic mass is 10.0. The molecule has 0 radical (unpaired) electrons. The Bertz CT molecular complexity index is 2160. The third kappa shape index (κ3) is 5.02. The quantitative estimate of drug-likeness (QED) is 0.162. The fraction of sp³-hybridized carbons (Fsp3) is 0.0882. The molecule has 5 aromatic heterocycles. The number of hydrogen-bond acceptors (Lipinski definition) is 6. The van der Waals surface area contributed by atoms with E-state index in [1.54, 1.807) is 47.5 Å². The van der Waals surface area contributed by atoms with E-state index in [-0.39, 0.29) is 24.0 Å². The topological polar surface area (TPSA) is 114 Å². The van der Waals surface area contributed by atoms with Crippen molar-refractivity contribution in [2.45, 2.75) is 6.42 Å². The second kappa shape index (κ2) is 11.4. The van der Waals surface area contributed by atoms with Gasteiger partial charge in [0.1, 0.15) is 11.5 Å². The smallest absolute Gasteiger partial charge is 0.359 e. The number of H-pyrrole nitrogens is 1. The molecular weight excluding hydrogens is 559 g/mol. The molecule has 216 valence electrons. The maximum Gasteiger partial charge on any atom is 0.359 e. The number of carbonyl (C=O) groups excluding carboxylic acids is 2. The van der Waals surface area contributed by atoms with Gasteiger partial charge in [-0.2, -0.15) is 5.10 Å². The number of rotatable bonds is 8. The minimum atomic E-state index is -0.528. The maximum absolute atomic E-state index is 13.6. The van der Waals surface area contributed by atoms with Crippen LogP contribution in [0.5, 0.6) is 0 Å². The minimum Gasteiger partial charge on any atom is -0.461 e. The molecule has 9 nitrogen and oxygen atoms in total. The van der Waals surface area contributed by atoms with Crippen molar-refractivity contribution in [3.8, 4) is 22.4 Å². The highest BCUT2D eigenvalue weighted by Gasteiger charge is 2.19. The van der Waals surface area contributed by atoms with Crippen molar-refractivity contribution in [1.29, 1.82) is 0 Å².